The molecule has 2 aromatic rings. The monoisotopic (exact) mass is 372 g/mol. The fourth-order valence-electron chi connectivity index (χ4n) is 3.02. The first-order valence-electron chi connectivity index (χ1n) is 8.48. The molecule has 26 heavy (non-hydrogen) atoms. The molecule has 3 amide bonds. The molecule has 1 aliphatic heterocycles. The summed E-state index contributed by atoms with van der Waals surface area (Å²) in [6.45, 7) is 2.31. The molecule has 0 aromatic heterocycles. The van der Waals surface area contributed by atoms with Gasteiger partial charge < -0.3 is 10.6 Å². The lowest BCUT2D eigenvalue weighted by Gasteiger charge is -2.36. The van der Waals surface area contributed by atoms with Crippen molar-refractivity contribution < 1.29 is 9.59 Å². The van der Waals surface area contributed by atoms with Crippen molar-refractivity contribution in [2.75, 3.05) is 31.5 Å². The third-order valence-electron chi connectivity index (χ3n) is 4.25. The molecule has 2 aromatic carbocycles. The second kappa shape index (κ2) is 8.80. The summed E-state index contributed by atoms with van der Waals surface area (Å²) in [5.41, 5.74) is 1.61. The van der Waals surface area contributed by atoms with Crippen LogP contribution in [0.3, 0.4) is 0 Å². The number of halogens is 1. The summed E-state index contributed by atoms with van der Waals surface area (Å²) in [6, 6.07) is 16.1. The van der Waals surface area contributed by atoms with Gasteiger partial charge in [-0.25, -0.2) is 4.79 Å². The Bertz CT molecular complexity index is 769. The SMILES string of the molecule is O=C(CN1CCNCC1c1ccccc1Cl)NC(=O)Nc1ccccc1. The van der Waals surface area contributed by atoms with E-state index in [1.807, 2.05) is 47.4 Å². The molecule has 1 fully saturated rings. The lowest BCUT2D eigenvalue weighted by molar-refractivity contribution is -0.121. The van der Waals surface area contributed by atoms with Crippen molar-refractivity contribution in [3.63, 3.8) is 0 Å². The number of amides is 3. The van der Waals surface area contributed by atoms with Crippen molar-refractivity contribution in [3.05, 3.63) is 65.2 Å². The highest BCUT2D eigenvalue weighted by atomic mass is 35.5. The molecule has 1 atom stereocenters. The number of urea groups is 1. The Balaban J connectivity index is 1.60. The predicted octanol–water partition coefficient (Wildman–Crippen LogP) is 2.63. The van der Waals surface area contributed by atoms with Crippen LogP contribution in [0.15, 0.2) is 54.6 Å². The molecule has 1 saturated heterocycles. The average molecular weight is 373 g/mol. The van der Waals surface area contributed by atoms with E-state index in [1.165, 1.54) is 0 Å². The number of rotatable bonds is 4. The second-order valence-corrected chi connectivity index (χ2v) is 6.49. The number of benzene rings is 2. The van der Waals surface area contributed by atoms with Gasteiger partial charge in [0.1, 0.15) is 0 Å². The number of imide groups is 1. The number of hydrogen-bond donors (Lipinski definition) is 3. The molecule has 7 heteroatoms. The molecular weight excluding hydrogens is 352 g/mol. The van der Waals surface area contributed by atoms with E-state index >= 15 is 0 Å². The number of hydrogen-bond acceptors (Lipinski definition) is 4. The van der Waals surface area contributed by atoms with Gasteiger partial charge in [0.25, 0.3) is 0 Å². The lowest BCUT2D eigenvalue weighted by atomic mass is 10.0. The van der Waals surface area contributed by atoms with Crippen LogP contribution in [-0.4, -0.2) is 43.0 Å². The Morgan fingerprint density at radius 3 is 2.62 bits per heavy atom. The Morgan fingerprint density at radius 1 is 1.12 bits per heavy atom. The molecule has 3 rings (SSSR count). The van der Waals surface area contributed by atoms with Gasteiger partial charge in [0.2, 0.25) is 5.91 Å². The highest BCUT2D eigenvalue weighted by Crippen LogP contribution is 2.28. The molecule has 1 aliphatic rings. The number of carbonyl (C=O) groups is 2. The van der Waals surface area contributed by atoms with Crippen molar-refractivity contribution in [1.82, 2.24) is 15.5 Å². The highest BCUT2D eigenvalue weighted by molar-refractivity contribution is 6.31. The average Bonchev–Trinajstić information content (AvgIpc) is 2.63. The molecule has 1 unspecified atom stereocenters. The van der Waals surface area contributed by atoms with Crippen LogP contribution in [0.4, 0.5) is 10.5 Å². The predicted molar refractivity (Wildman–Crippen MR) is 102 cm³/mol. The van der Waals surface area contributed by atoms with Gasteiger partial charge >= 0.3 is 6.03 Å². The largest absolute Gasteiger partial charge is 0.325 e. The Kier molecular flexibility index (Phi) is 6.22. The Labute approximate surface area is 157 Å². The lowest BCUT2D eigenvalue weighted by Crippen LogP contribution is -2.50. The minimum atomic E-state index is -0.536. The van der Waals surface area contributed by atoms with E-state index < -0.39 is 6.03 Å². The molecule has 0 saturated carbocycles. The normalized spacial score (nSPS) is 17.5. The van der Waals surface area contributed by atoms with Crippen molar-refractivity contribution in [1.29, 1.82) is 0 Å². The maximum absolute atomic E-state index is 12.3. The zero-order valence-electron chi connectivity index (χ0n) is 14.2. The van der Waals surface area contributed by atoms with E-state index in [0.29, 0.717) is 23.8 Å². The first-order valence-corrected chi connectivity index (χ1v) is 8.86. The Hall–Kier alpha value is -2.41. The van der Waals surface area contributed by atoms with Gasteiger partial charge in [-0.15, -0.1) is 0 Å². The molecule has 6 nitrogen and oxygen atoms in total. The molecule has 1 heterocycles. The van der Waals surface area contributed by atoms with Crippen molar-refractivity contribution in [3.8, 4) is 0 Å². The van der Waals surface area contributed by atoms with Gasteiger partial charge in [-0.1, -0.05) is 48.0 Å². The highest BCUT2D eigenvalue weighted by Gasteiger charge is 2.27. The fourth-order valence-corrected chi connectivity index (χ4v) is 3.28. The molecule has 0 aliphatic carbocycles. The smallest absolute Gasteiger partial charge is 0.314 e. The molecule has 0 radical (unpaired) electrons. The van der Waals surface area contributed by atoms with Crippen molar-refractivity contribution >= 4 is 29.2 Å². The number of piperazine rings is 1. The standard InChI is InChI=1S/C19H21ClN4O2/c20-16-9-5-4-8-15(16)17-12-21-10-11-24(17)13-18(25)23-19(26)22-14-6-2-1-3-7-14/h1-9,17,21H,10-13H2,(H2,22,23,25,26). The van der Waals surface area contributed by atoms with E-state index in [2.05, 4.69) is 16.0 Å². The Morgan fingerprint density at radius 2 is 1.85 bits per heavy atom. The van der Waals surface area contributed by atoms with E-state index in [4.69, 9.17) is 11.6 Å². The second-order valence-electron chi connectivity index (χ2n) is 6.08. The minimum Gasteiger partial charge on any atom is -0.314 e. The number of carbonyl (C=O) groups excluding carboxylic acids is 2. The van der Waals surface area contributed by atoms with E-state index in [9.17, 15) is 9.59 Å². The number of nitrogens with zero attached hydrogens (tertiary/aromatic N) is 1. The molecule has 3 N–H and O–H groups in total. The van der Waals surface area contributed by atoms with Crippen molar-refractivity contribution in [2.45, 2.75) is 6.04 Å². The van der Waals surface area contributed by atoms with E-state index in [1.54, 1.807) is 12.1 Å². The molecule has 0 spiro atoms. The van der Waals surface area contributed by atoms with Crippen LogP contribution in [0.1, 0.15) is 11.6 Å². The molecular formula is C19H21ClN4O2. The van der Waals surface area contributed by atoms with Gasteiger partial charge in [-0.2, -0.15) is 0 Å². The summed E-state index contributed by atoms with van der Waals surface area (Å²) >= 11 is 6.31. The van der Waals surface area contributed by atoms with Crippen LogP contribution in [0.25, 0.3) is 0 Å². The van der Waals surface area contributed by atoms with Crippen LogP contribution in [0.2, 0.25) is 5.02 Å². The van der Waals surface area contributed by atoms with E-state index in [0.717, 1.165) is 12.1 Å². The van der Waals surface area contributed by atoms with Gasteiger partial charge in [0.05, 0.1) is 6.54 Å². The van der Waals surface area contributed by atoms with Gasteiger partial charge in [0.15, 0.2) is 0 Å². The third kappa shape index (κ3) is 4.82. The minimum absolute atomic E-state index is 0.0135. The first-order chi connectivity index (χ1) is 12.6. The zero-order valence-corrected chi connectivity index (χ0v) is 15.0. The number of nitrogens with one attached hydrogen (secondary N) is 3. The molecule has 0 bridgehead atoms. The van der Waals surface area contributed by atoms with Gasteiger partial charge in [-0.3, -0.25) is 15.0 Å². The summed E-state index contributed by atoms with van der Waals surface area (Å²) in [7, 11) is 0. The van der Waals surface area contributed by atoms with Crippen LogP contribution in [0, 0.1) is 0 Å². The fraction of sp³-hybridized carbons (Fsp3) is 0.263. The third-order valence-corrected chi connectivity index (χ3v) is 4.59. The van der Waals surface area contributed by atoms with Crippen LogP contribution >= 0.6 is 11.6 Å². The van der Waals surface area contributed by atoms with Crippen LogP contribution < -0.4 is 16.0 Å². The van der Waals surface area contributed by atoms with Gasteiger partial charge in [0, 0.05) is 36.4 Å². The zero-order chi connectivity index (χ0) is 18.4. The summed E-state index contributed by atoms with van der Waals surface area (Å²) in [5.74, 6) is -0.350. The topological polar surface area (TPSA) is 73.5 Å². The summed E-state index contributed by atoms with van der Waals surface area (Å²) < 4.78 is 0. The van der Waals surface area contributed by atoms with Crippen molar-refractivity contribution in [2.24, 2.45) is 0 Å². The summed E-state index contributed by atoms with van der Waals surface area (Å²) in [5, 5.41) is 9.02. The van der Waals surface area contributed by atoms with Crippen LogP contribution in [0.5, 0.6) is 0 Å². The number of para-hydroxylation sites is 1. The first kappa shape index (κ1) is 18.4. The summed E-state index contributed by atoms with van der Waals surface area (Å²) in [6.07, 6.45) is 0. The van der Waals surface area contributed by atoms with Gasteiger partial charge in [-0.05, 0) is 23.8 Å². The maximum atomic E-state index is 12.3. The molecule has 136 valence electrons. The number of anilines is 1. The van der Waals surface area contributed by atoms with E-state index in [-0.39, 0.29) is 18.5 Å². The van der Waals surface area contributed by atoms with Crippen LogP contribution in [-0.2, 0) is 4.79 Å². The maximum Gasteiger partial charge on any atom is 0.325 e. The quantitative estimate of drug-likeness (QED) is 0.771. The summed E-state index contributed by atoms with van der Waals surface area (Å²) in [4.78, 5) is 26.3.